The van der Waals surface area contributed by atoms with Crippen molar-refractivity contribution in [3.63, 3.8) is 0 Å². The number of nitrogens with zero attached hydrogens (tertiary/aromatic N) is 1. The van der Waals surface area contributed by atoms with E-state index >= 15 is 0 Å². The van der Waals surface area contributed by atoms with Gasteiger partial charge < -0.3 is 10.3 Å². The second kappa shape index (κ2) is 6.13. The Balaban J connectivity index is 1.89. The third-order valence-corrected chi connectivity index (χ3v) is 6.32. The van der Waals surface area contributed by atoms with E-state index in [9.17, 15) is 8.42 Å². The minimum Gasteiger partial charge on any atom is -0.358 e. The van der Waals surface area contributed by atoms with Gasteiger partial charge in [-0.05, 0) is 49.2 Å². The number of aromatic amines is 1. The van der Waals surface area contributed by atoms with E-state index in [1.165, 1.54) is 5.57 Å². The second-order valence-corrected chi connectivity index (χ2v) is 8.16. The zero-order chi connectivity index (χ0) is 17.4. The van der Waals surface area contributed by atoms with Crippen LogP contribution in [0.25, 0.3) is 16.6 Å². The number of nitrogens with one attached hydrogen (secondary N) is 2. The Labute approximate surface area is 146 Å². The molecule has 6 heteroatoms. The summed E-state index contributed by atoms with van der Waals surface area (Å²) in [5, 5.41) is 3.28. The maximum atomic E-state index is 13.1. The van der Waals surface area contributed by atoms with Crippen LogP contribution >= 0.6 is 0 Å². The van der Waals surface area contributed by atoms with E-state index < -0.39 is 9.84 Å². The molecule has 0 radical (unpaired) electrons. The third-order valence-electron chi connectivity index (χ3n) is 4.53. The fourth-order valence-electron chi connectivity index (χ4n) is 3.25. The Morgan fingerprint density at radius 1 is 1.20 bits per heavy atom. The van der Waals surface area contributed by atoms with Crippen molar-refractivity contribution in [2.75, 3.05) is 13.1 Å². The third kappa shape index (κ3) is 2.77. The van der Waals surface area contributed by atoms with Crippen LogP contribution in [-0.2, 0) is 9.84 Å². The summed E-state index contributed by atoms with van der Waals surface area (Å²) in [6.45, 7) is 3.63. The van der Waals surface area contributed by atoms with Crippen LogP contribution in [0.2, 0.25) is 0 Å². The standard InChI is InChI=1S/C19H19N3O2S/c1-13-3-2-4-15(11-13)25(23,24)17-7-10-21-18-16(12-22-19(17)18)14-5-8-20-9-6-14/h2-5,7,10-12,20,22H,6,8-9H2,1H3. The fourth-order valence-corrected chi connectivity index (χ4v) is 4.76. The van der Waals surface area contributed by atoms with Gasteiger partial charge in [-0.15, -0.1) is 0 Å². The van der Waals surface area contributed by atoms with Gasteiger partial charge in [0, 0.05) is 24.5 Å². The highest BCUT2D eigenvalue weighted by molar-refractivity contribution is 7.91. The lowest BCUT2D eigenvalue weighted by molar-refractivity contribution is 0.596. The molecule has 1 aliphatic heterocycles. The first-order valence-corrected chi connectivity index (χ1v) is 9.73. The van der Waals surface area contributed by atoms with Gasteiger partial charge in [-0.3, -0.25) is 4.98 Å². The number of H-pyrrole nitrogens is 1. The number of benzene rings is 1. The molecule has 25 heavy (non-hydrogen) atoms. The van der Waals surface area contributed by atoms with E-state index in [2.05, 4.69) is 21.4 Å². The monoisotopic (exact) mass is 353 g/mol. The summed E-state index contributed by atoms with van der Waals surface area (Å²) in [5.74, 6) is 0. The van der Waals surface area contributed by atoms with Crippen molar-refractivity contribution in [3.8, 4) is 0 Å². The van der Waals surface area contributed by atoms with Gasteiger partial charge in [0.25, 0.3) is 0 Å². The normalized spacial score (nSPS) is 15.3. The zero-order valence-electron chi connectivity index (χ0n) is 13.9. The molecule has 0 unspecified atom stereocenters. The summed E-state index contributed by atoms with van der Waals surface area (Å²) in [5.41, 5.74) is 4.37. The van der Waals surface area contributed by atoms with Gasteiger partial charge in [-0.2, -0.15) is 0 Å². The first-order valence-electron chi connectivity index (χ1n) is 8.25. The van der Waals surface area contributed by atoms with Crippen molar-refractivity contribution in [1.29, 1.82) is 0 Å². The topological polar surface area (TPSA) is 74.8 Å². The average Bonchev–Trinajstić information content (AvgIpc) is 3.06. The second-order valence-electron chi connectivity index (χ2n) is 6.24. The molecular formula is C19H19N3O2S. The number of hydrogen-bond acceptors (Lipinski definition) is 4. The molecule has 0 atom stereocenters. The summed E-state index contributed by atoms with van der Waals surface area (Å²) in [4.78, 5) is 8.16. The van der Waals surface area contributed by atoms with Gasteiger partial charge in [0.2, 0.25) is 9.84 Å². The summed E-state index contributed by atoms with van der Waals surface area (Å²) in [7, 11) is -3.61. The molecule has 4 rings (SSSR count). The highest BCUT2D eigenvalue weighted by Gasteiger charge is 2.23. The number of rotatable bonds is 3. The van der Waals surface area contributed by atoms with Crippen LogP contribution in [0.1, 0.15) is 17.5 Å². The lowest BCUT2D eigenvalue weighted by Gasteiger charge is -2.13. The molecule has 1 aromatic carbocycles. The van der Waals surface area contributed by atoms with Crippen molar-refractivity contribution in [3.05, 3.63) is 59.9 Å². The molecule has 2 N–H and O–H groups in total. The van der Waals surface area contributed by atoms with Crippen LogP contribution in [0.5, 0.6) is 0 Å². The van der Waals surface area contributed by atoms with Gasteiger partial charge >= 0.3 is 0 Å². The smallest absolute Gasteiger partial charge is 0.208 e. The van der Waals surface area contributed by atoms with Gasteiger partial charge in [0.1, 0.15) is 0 Å². The molecule has 128 valence electrons. The van der Waals surface area contributed by atoms with Gasteiger partial charge in [-0.1, -0.05) is 18.2 Å². The predicted octanol–water partition coefficient (Wildman–Crippen LogP) is 3.08. The van der Waals surface area contributed by atoms with Crippen molar-refractivity contribution in [1.82, 2.24) is 15.3 Å². The quantitative estimate of drug-likeness (QED) is 0.759. The maximum absolute atomic E-state index is 13.1. The molecule has 3 aromatic rings. The molecular weight excluding hydrogens is 334 g/mol. The number of aryl methyl sites for hydroxylation is 1. The maximum Gasteiger partial charge on any atom is 0.208 e. The van der Waals surface area contributed by atoms with E-state index in [1.54, 1.807) is 30.5 Å². The largest absolute Gasteiger partial charge is 0.358 e. The fraction of sp³-hybridized carbons (Fsp3) is 0.211. The highest BCUT2D eigenvalue weighted by Crippen LogP contribution is 2.32. The summed E-state index contributed by atoms with van der Waals surface area (Å²) in [6, 6.07) is 8.55. The van der Waals surface area contributed by atoms with E-state index in [0.717, 1.165) is 30.6 Å². The van der Waals surface area contributed by atoms with E-state index in [-0.39, 0.29) is 4.90 Å². The molecule has 0 aliphatic carbocycles. The number of pyridine rings is 1. The Morgan fingerprint density at radius 3 is 2.84 bits per heavy atom. The molecule has 3 heterocycles. The van der Waals surface area contributed by atoms with Crippen LogP contribution < -0.4 is 5.32 Å². The summed E-state index contributed by atoms with van der Waals surface area (Å²) < 4.78 is 26.2. The molecule has 2 aromatic heterocycles. The molecule has 0 fully saturated rings. The Morgan fingerprint density at radius 2 is 2.08 bits per heavy atom. The van der Waals surface area contributed by atoms with Crippen LogP contribution in [0.3, 0.4) is 0 Å². The predicted molar refractivity (Wildman–Crippen MR) is 98.2 cm³/mol. The van der Waals surface area contributed by atoms with Crippen molar-refractivity contribution >= 4 is 26.4 Å². The first kappa shape index (κ1) is 16.1. The summed E-state index contributed by atoms with van der Waals surface area (Å²) >= 11 is 0. The Hall–Kier alpha value is -2.44. The minimum atomic E-state index is -3.61. The van der Waals surface area contributed by atoms with Crippen LogP contribution in [0, 0.1) is 6.92 Å². The van der Waals surface area contributed by atoms with Crippen LogP contribution in [-0.4, -0.2) is 31.5 Å². The molecule has 0 spiro atoms. The highest BCUT2D eigenvalue weighted by atomic mass is 32.2. The Bertz CT molecular complexity index is 1080. The molecule has 0 bridgehead atoms. The van der Waals surface area contributed by atoms with Crippen LogP contribution in [0.4, 0.5) is 0 Å². The van der Waals surface area contributed by atoms with Crippen molar-refractivity contribution in [2.45, 2.75) is 23.1 Å². The van der Waals surface area contributed by atoms with Crippen molar-refractivity contribution in [2.24, 2.45) is 0 Å². The minimum absolute atomic E-state index is 0.267. The first-order chi connectivity index (χ1) is 12.1. The van der Waals surface area contributed by atoms with E-state index in [4.69, 9.17) is 0 Å². The van der Waals surface area contributed by atoms with Gasteiger partial charge in [0.05, 0.1) is 20.8 Å². The molecule has 5 nitrogen and oxygen atoms in total. The lowest BCUT2D eigenvalue weighted by Crippen LogP contribution is -2.19. The van der Waals surface area contributed by atoms with Crippen LogP contribution in [0.15, 0.2) is 58.6 Å². The zero-order valence-corrected chi connectivity index (χ0v) is 14.7. The molecule has 1 aliphatic rings. The number of aromatic nitrogens is 2. The molecule has 0 saturated heterocycles. The van der Waals surface area contributed by atoms with E-state index in [0.29, 0.717) is 15.9 Å². The van der Waals surface area contributed by atoms with E-state index in [1.807, 2.05) is 19.2 Å². The SMILES string of the molecule is Cc1cccc(S(=O)(=O)c2ccnc3c(C4=CCNCC4)c[nH]c23)c1. The van der Waals surface area contributed by atoms with Crippen molar-refractivity contribution < 1.29 is 8.42 Å². The van der Waals surface area contributed by atoms with Gasteiger partial charge in [0.15, 0.2) is 0 Å². The lowest BCUT2D eigenvalue weighted by atomic mass is 10.0. The average molecular weight is 353 g/mol. The molecule has 0 amide bonds. The summed E-state index contributed by atoms with van der Waals surface area (Å²) in [6.07, 6.45) is 6.48. The van der Waals surface area contributed by atoms with Gasteiger partial charge in [-0.25, -0.2) is 8.42 Å². The Kier molecular flexibility index (Phi) is 3.94. The number of fused-ring (bicyclic) bond motifs is 1. The number of sulfone groups is 1. The molecule has 0 saturated carbocycles. The number of hydrogen-bond donors (Lipinski definition) is 2.